The summed E-state index contributed by atoms with van der Waals surface area (Å²) in [7, 11) is 0. The molecule has 0 amide bonds. The van der Waals surface area contributed by atoms with Crippen molar-refractivity contribution in [2.75, 3.05) is 0 Å². The monoisotopic (exact) mass is 191 g/mol. The minimum Gasteiger partial charge on any atom is -0.199 e. The van der Waals surface area contributed by atoms with Crippen LogP contribution in [0.4, 0.5) is 26.3 Å². The molecule has 0 saturated carbocycles. The molecule has 0 aromatic carbocycles. The first kappa shape index (κ1) is 11.3. The maximum atomic E-state index is 12.1. The number of hydrogen-bond acceptors (Lipinski definition) is 0. The van der Waals surface area contributed by atoms with Crippen LogP contribution in [0.25, 0.3) is 0 Å². The molecule has 0 N–H and O–H groups in total. The zero-order chi connectivity index (χ0) is 9.99. The van der Waals surface area contributed by atoms with E-state index >= 15 is 0 Å². The molecular weight excluding hydrogens is 186 g/mol. The first-order chi connectivity index (χ1) is 5.25. The average Bonchev–Trinajstić information content (AvgIpc) is 1.86. The Balaban J connectivity index is 4.61. The Morgan fingerprint density at radius 3 is 1.83 bits per heavy atom. The zero-order valence-electron chi connectivity index (χ0n) is 5.76. The Labute approximate surface area is 64.9 Å². The lowest BCUT2D eigenvalue weighted by Gasteiger charge is -2.23. The smallest absolute Gasteiger partial charge is 0.199 e. The quantitative estimate of drug-likeness (QED) is 0.472. The van der Waals surface area contributed by atoms with E-state index in [0.29, 0.717) is 6.08 Å². The van der Waals surface area contributed by atoms with E-state index < -0.39 is 24.7 Å². The molecule has 0 saturated heterocycles. The van der Waals surface area contributed by atoms with Crippen molar-refractivity contribution in [1.82, 2.24) is 0 Å². The van der Waals surface area contributed by atoms with Crippen LogP contribution in [-0.4, -0.2) is 11.8 Å². The summed E-state index contributed by atoms with van der Waals surface area (Å²) in [5, 5.41) is 0. The normalized spacial score (nSPS) is 13.6. The third-order valence-corrected chi connectivity index (χ3v) is 1.10. The van der Waals surface area contributed by atoms with Gasteiger partial charge < -0.3 is 0 Å². The van der Waals surface area contributed by atoms with E-state index in [-0.39, 0.29) is 0 Å². The Kier molecular flexibility index (Phi) is 3.17. The molecule has 6 heteroatoms. The van der Waals surface area contributed by atoms with Crippen molar-refractivity contribution < 1.29 is 26.3 Å². The number of alkyl halides is 4. The molecule has 12 heavy (non-hydrogen) atoms. The van der Waals surface area contributed by atoms with Crippen molar-refractivity contribution in [3.63, 3.8) is 0 Å². The molecular formula is C6H5F6. The molecule has 0 spiro atoms. The number of halogens is 6. The fourth-order valence-electron chi connectivity index (χ4n) is 0.448. The molecule has 0 aliphatic rings. The molecule has 0 fully saturated rings. The van der Waals surface area contributed by atoms with Crippen LogP contribution in [0.1, 0.15) is 6.42 Å². The standard InChI is InChI=1S/C6H5F6/c1-2-3-5(9,10)6(11,12)4(7)8/h2H,1,3H2. The van der Waals surface area contributed by atoms with E-state index in [1.807, 2.05) is 0 Å². The van der Waals surface area contributed by atoms with Gasteiger partial charge in [-0.15, -0.1) is 6.58 Å². The SMILES string of the molecule is C=CCC(F)(F)C(F)(F)[C](F)F. The maximum absolute atomic E-state index is 12.1. The molecule has 71 valence electrons. The van der Waals surface area contributed by atoms with Gasteiger partial charge in [0.15, 0.2) is 0 Å². The van der Waals surface area contributed by atoms with Gasteiger partial charge >= 0.3 is 18.3 Å². The summed E-state index contributed by atoms with van der Waals surface area (Å²) in [4.78, 5) is 0. The molecule has 0 aliphatic heterocycles. The Morgan fingerprint density at radius 2 is 1.58 bits per heavy atom. The van der Waals surface area contributed by atoms with Crippen LogP contribution < -0.4 is 0 Å². The molecule has 0 atom stereocenters. The molecule has 0 aliphatic carbocycles. The number of hydrogen-bond donors (Lipinski definition) is 0. The van der Waals surface area contributed by atoms with Crippen LogP contribution in [0, 0.1) is 6.43 Å². The number of rotatable bonds is 4. The Hall–Kier alpha value is -0.680. The third-order valence-electron chi connectivity index (χ3n) is 1.10. The summed E-state index contributed by atoms with van der Waals surface area (Å²) in [5.74, 6) is -10.1. The van der Waals surface area contributed by atoms with Gasteiger partial charge in [-0.2, -0.15) is 26.3 Å². The molecule has 1 radical (unpaired) electrons. The molecule has 0 aromatic rings. The Morgan fingerprint density at radius 1 is 1.17 bits per heavy atom. The minimum atomic E-state index is -5.37. The summed E-state index contributed by atoms with van der Waals surface area (Å²) < 4.78 is 70.7. The fourth-order valence-corrected chi connectivity index (χ4v) is 0.448. The molecule has 0 nitrogen and oxygen atoms in total. The van der Waals surface area contributed by atoms with E-state index in [2.05, 4.69) is 6.58 Å². The van der Waals surface area contributed by atoms with Gasteiger partial charge in [0.2, 0.25) is 0 Å². The molecule has 0 unspecified atom stereocenters. The maximum Gasteiger partial charge on any atom is 0.384 e. The van der Waals surface area contributed by atoms with Crippen molar-refractivity contribution in [1.29, 1.82) is 0 Å². The van der Waals surface area contributed by atoms with Crippen molar-refractivity contribution in [2.45, 2.75) is 18.3 Å². The van der Waals surface area contributed by atoms with Crippen LogP contribution >= 0.6 is 0 Å². The predicted octanol–water partition coefficient (Wildman–Crippen LogP) is 3.26. The second-order valence-electron chi connectivity index (χ2n) is 2.03. The average molecular weight is 191 g/mol. The lowest BCUT2D eigenvalue weighted by atomic mass is 10.1. The highest BCUT2D eigenvalue weighted by molar-refractivity contribution is 4.98. The lowest BCUT2D eigenvalue weighted by molar-refractivity contribution is -0.225. The summed E-state index contributed by atoms with van der Waals surface area (Å²) in [6, 6.07) is 0. The van der Waals surface area contributed by atoms with Gasteiger partial charge in [0, 0.05) is 6.42 Å². The van der Waals surface area contributed by atoms with Crippen molar-refractivity contribution >= 4 is 0 Å². The first-order valence-electron chi connectivity index (χ1n) is 2.80. The van der Waals surface area contributed by atoms with Crippen LogP contribution in [0.3, 0.4) is 0 Å². The second kappa shape index (κ2) is 3.37. The van der Waals surface area contributed by atoms with Gasteiger partial charge in [-0.25, -0.2) is 0 Å². The molecule has 0 bridgehead atoms. The van der Waals surface area contributed by atoms with Crippen molar-refractivity contribution in [3.8, 4) is 0 Å². The largest absolute Gasteiger partial charge is 0.384 e. The van der Waals surface area contributed by atoms with Gasteiger partial charge in [0.25, 0.3) is 0 Å². The Bertz CT molecular complexity index is 161. The second-order valence-corrected chi connectivity index (χ2v) is 2.03. The van der Waals surface area contributed by atoms with E-state index in [4.69, 9.17) is 0 Å². The zero-order valence-corrected chi connectivity index (χ0v) is 5.76. The van der Waals surface area contributed by atoms with Gasteiger partial charge in [0.05, 0.1) is 0 Å². The minimum absolute atomic E-state index is 0.455. The van der Waals surface area contributed by atoms with Gasteiger partial charge in [0.1, 0.15) is 0 Å². The van der Waals surface area contributed by atoms with Gasteiger partial charge in [-0.1, -0.05) is 6.08 Å². The van der Waals surface area contributed by atoms with Crippen LogP contribution in [0.5, 0.6) is 0 Å². The summed E-state index contributed by atoms with van der Waals surface area (Å²) in [6.07, 6.45) is -4.62. The first-order valence-corrected chi connectivity index (χ1v) is 2.80. The van der Waals surface area contributed by atoms with E-state index in [1.54, 1.807) is 0 Å². The number of allylic oxidation sites excluding steroid dienone is 1. The van der Waals surface area contributed by atoms with Crippen molar-refractivity contribution in [3.05, 3.63) is 19.1 Å². The molecule has 0 aromatic heterocycles. The van der Waals surface area contributed by atoms with E-state index in [1.165, 1.54) is 0 Å². The fraction of sp³-hybridized carbons (Fsp3) is 0.500. The summed E-state index contributed by atoms with van der Waals surface area (Å²) in [6.45, 7) is 2.75. The van der Waals surface area contributed by atoms with Gasteiger partial charge in [-0.3, -0.25) is 0 Å². The highest BCUT2D eigenvalue weighted by Gasteiger charge is 2.63. The topological polar surface area (TPSA) is 0 Å². The summed E-state index contributed by atoms with van der Waals surface area (Å²) >= 11 is 0. The van der Waals surface area contributed by atoms with Crippen molar-refractivity contribution in [2.24, 2.45) is 0 Å². The molecule has 0 rings (SSSR count). The lowest BCUT2D eigenvalue weighted by Crippen LogP contribution is -2.42. The summed E-state index contributed by atoms with van der Waals surface area (Å²) in [5.41, 5.74) is 0. The van der Waals surface area contributed by atoms with E-state index in [0.717, 1.165) is 0 Å². The van der Waals surface area contributed by atoms with Gasteiger partial charge in [-0.05, 0) is 0 Å². The van der Waals surface area contributed by atoms with Crippen LogP contribution in [0.15, 0.2) is 12.7 Å². The molecule has 0 heterocycles. The van der Waals surface area contributed by atoms with Crippen LogP contribution in [0.2, 0.25) is 0 Å². The highest BCUT2D eigenvalue weighted by Crippen LogP contribution is 2.44. The third kappa shape index (κ3) is 1.92. The van der Waals surface area contributed by atoms with Crippen LogP contribution in [-0.2, 0) is 0 Å². The van der Waals surface area contributed by atoms with E-state index in [9.17, 15) is 26.3 Å². The predicted molar refractivity (Wildman–Crippen MR) is 30.2 cm³/mol. The highest BCUT2D eigenvalue weighted by atomic mass is 19.3.